The lowest BCUT2D eigenvalue weighted by Gasteiger charge is -2.25. The second-order valence-electron chi connectivity index (χ2n) is 7.72. The zero-order valence-electron chi connectivity index (χ0n) is 18.9. The largest absolute Gasteiger partial charge is 0.507 e. The number of benzene rings is 3. The average Bonchev–Trinajstić information content (AvgIpc) is 3.14. The molecule has 8 heteroatoms. The Bertz CT molecular complexity index is 1380. The molecule has 0 saturated carbocycles. The van der Waals surface area contributed by atoms with E-state index in [-0.39, 0.29) is 11.3 Å². The molecule has 1 heterocycles. The van der Waals surface area contributed by atoms with Crippen LogP contribution < -0.4 is 14.4 Å². The van der Waals surface area contributed by atoms with Crippen molar-refractivity contribution in [1.82, 2.24) is 0 Å². The number of methoxy groups -OCH3 is 1. The van der Waals surface area contributed by atoms with E-state index in [0.717, 1.165) is 0 Å². The zero-order valence-corrected chi connectivity index (χ0v) is 18.9. The fraction of sp³-hybridized carbons (Fsp3) is 0.111. The van der Waals surface area contributed by atoms with Crippen molar-refractivity contribution >= 4 is 29.1 Å². The first kappa shape index (κ1) is 23.3. The number of amides is 1. The molecule has 1 N–H and O–H groups in total. The van der Waals surface area contributed by atoms with Gasteiger partial charge in [0.1, 0.15) is 17.3 Å². The molecule has 0 spiro atoms. The first-order valence-electron chi connectivity index (χ1n) is 10.6. The van der Waals surface area contributed by atoms with E-state index in [1.54, 1.807) is 60.7 Å². The maximum Gasteiger partial charge on any atom is 0.308 e. The predicted molar refractivity (Wildman–Crippen MR) is 127 cm³/mol. The number of hydrogen-bond acceptors (Lipinski definition) is 7. The van der Waals surface area contributed by atoms with Gasteiger partial charge in [-0.3, -0.25) is 19.3 Å². The first-order valence-corrected chi connectivity index (χ1v) is 10.6. The van der Waals surface area contributed by atoms with Crippen molar-refractivity contribution in [1.29, 1.82) is 5.26 Å². The molecule has 1 aliphatic heterocycles. The van der Waals surface area contributed by atoms with Crippen molar-refractivity contribution < 1.29 is 29.0 Å². The summed E-state index contributed by atoms with van der Waals surface area (Å²) in [5.41, 5.74) is 1.49. The summed E-state index contributed by atoms with van der Waals surface area (Å²) in [4.78, 5) is 39.0. The molecule has 0 aliphatic carbocycles. The number of carbonyl (C=O) groups is 3. The Kier molecular flexibility index (Phi) is 6.34. The van der Waals surface area contributed by atoms with E-state index in [2.05, 4.69) is 0 Å². The van der Waals surface area contributed by atoms with Crippen LogP contribution in [-0.2, 0) is 14.4 Å². The zero-order chi connectivity index (χ0) is 25.1. The number of ether oxygens (including phenoxy) is 2. The van der Waals surface area contributed by atoms with Crippen LogP contribution in [0, 0.1) is 11.3 Å². The highest BCUT2D eigenvalue weighted by Crippen LogP contribution is 2.42. The van der Waals surface area contributed by atoms with E-state index in [0.29, 0.717) is 33.9 Å². The highest BCUT2D eigenvalue weighted by atomic mass is 16.5. The number of nitriles is 1. The highest BCUT2D eigenvalue weighted by molar-refractivity contribution is 6.51. The molecule has 0 bridgehead atoms. The fourth-order valence-corrected chi connectivity index (χ4v) is 3.92. The van der Waals surface area contributed by atoms with E-state index < -0.39 is 23.7 Å². The first-order chi connectivity index (χ1) is 16.8. The van der Waals surface area contributed by atoms with Crippen molar-refractivity contribution in [3.8, 4) is 17.6 Å². The standard InChI is InChI=1S/C27H20N2O6/c1-16(30)35-21-12-8-18(9-13-21)24-23(25(31)19-4-3-5-22(14-19)34-2)26(32)27(33)29(24)20-10-6-17(15-28)7-11-20/h3-14,24,31H,1-2H3/b25-23-. The molecule has 174 valence electrons. The van der Waals surface area contributed by atoms with Gasteiger partial charge in [0.2, 0.25) is 0 Å². The van der Waals surface area contributed by atoms with Crippen LogP contribution in [0.25, 0.3) is 5.76 Å². The van der Waals surface area contributed by atoms with Crippen LogP contribution in [0.15, 0.2) is 78.4 Å². The molecule has 3 aromatic rings. The second-order valence-corrected chi connectivity index (χ2v) is 7.72. The molecule has 8 nitrogen and oxygen atoms in total. The van der Waals surface area contributed by atoms with Crippen LogP contribution in [-0.4, -0.2) is 29.9 Å². The maximum absolute atomic E-state index is 13.2. The fourth-order valence-electron chi connectivity index (χ4n) is 3.92. The molecule has 0 aromatic heterocycles. The molecule has 35 heavy (non-hydrogen) atoms. The molecule has 1 amide bonds. The average molecular weight is 468 g/mol. The quantitative estimate of drug-likeness (QED) is 0.197. The number of Topliss-reactive ketones (excluding diaryl/α,β-unsaturated/α-hetero) is 1. The Hall–Kier alpha value is -4.90. The molecule has 1 atom stereocenters. The summed E-state index contributed by atoms with van der Waals surface area (Å²) in [5.74, 6) is -1.76. The molecule has 1 saturated heterocycles. The van der Waals surface area contributed by atoms with Gasteiger partial charge in [0.05, 0.1) is 30.4 Å². The summed E-state index contributed by atoms with van der Waals surface area (Å²) < 4.78 is 10.3. The van der Waals surface area contributed by atoms with Crippen molar-refractivity contribution in [2.75, 3.05) is 12.0 Å². The Morgan fingerprint density at radius 1 is 1.00 bits per heavy atom. The summed E-state index contributed by atoms with van der Waals surface area (Å²) in [7, 11) is 1.48. The molecule has 1 unspecified atom stereocenters. The van der Waals surface area contributed by atoms with E-state index in [1.807, 2.05) is 6.07 Å². The topological polar surface area (TPSA) is 117 Å². The van der Waals surface area contributed by atoms with Gasteiger partial charge in [0, 0.05) is 18.2 Å². The summed E-state index contributed by atoms with van der Waals surface area (Å²) >= 11 is 0. The molecule has 0 radical (unpaired) electrons. The van der Waals surface area contributed by atoms with Crippen molar-refractivity contribution in [2.45, 2.75) is 13.0 Å². The Morgan fingerprint density at radius 3 is 2.29 bits per heavy atom. The SMILES string of the molecule is COc1cccc(/C(O)=C2/C(=O)C(=O)N(c3ccc(C#N)cc3)C2c2ccc(OC(C)=O)cc2)c1. The minimum atomic E-state index is -0.972. The summed E-state index contributed by atoms with van der Waals surface area (Å²) in [6.07, 6.45) is 0. The monoisotopic (exact) mass is 468 g/mol. The number of anilines is 1. The summed E-state index contributed by atoms with van der Waals surface area (Å²) in [6, 6.07) is 20.1. The normalized spacial score (nSPS) is 16.6. The lowest BCUT2D eigenvalue weighted by molar-refractivity contribution is -0.132. The molecule has 4 rings (SSSR count). The number of nitrogens with zero attached hydrogens (tertiary/aromatic N) is 2. The molecule has 3 aromatic carbocycles. The predicted octanol–water partition coefficient (Wildman–Crippen LogP) is 4.12. The van der Waals surface area contributed by atoms with Gasteiger partial charge in [-0.15, -0.1) is 0 Å². The van der Waals surface area contributed by atoms with Crippen LogP contribution in [0.3, 0.4) is 0 Å². The van der Waals surface area contributed by atoms with E-state index in [9.17, 15) is 19.5 Å². The van der Waals surface area contributed by atoms with E-state index in [1.165, 1.54) is 31.1 Å². The summed E-state index contributed by atoms with van der Waals surface area (Å²) in [6.45, 7) is 1.28. The van der Waals surface area contributed by atoms with Gasteiger partial charge in [0.25, 0.3) is 11.7 Å². The number of esters is 1. The van der Waals surface area contributed by atoms with Gasteiger partial charge in [-0.25, -0.2) is 0 Å². The minimum Gasteiger partial charge on any atom is -0.507 e. The van der Waals surface area contributed by atoms with Crippen molar-refractivity contribution in [2.24, 2.45) is 0 Å². The number of aliphatic hydroxyl groups excluding tert-OH is 1. The Labute approximate surface area is 201 Å². The van der Waals surface area contributed by atoms with Crippen LogP contribution in [0.5, 0.6) is 11.5 Å². The summed E-state index contributed by atoms with van der Waals surface area (Å²) in [5, 5.41) is 20.3. The highest BCUT2D eigenvalue weighted by Gasteiger charge is 2.47. The van der Waals surface area contributed by atoms with Crippen LogP contribution >= 0.6 is 0 Å². The van der Waals surface area contributed by atoms with Gasteiger partial charge in [0.15, 0.2) is 0 Å². The van der Waals surface area contributed by atoms with Crippen LogP contribution in [0.4, 0.5) is 5.69 Å². The number of rotatable bonds is 5. The molecule has 1 fully saturated rings. The van der Waals surface area contributed by atoms with Crippen LogP contribution in [0.2, 0.25) is 0 Å². The number of ketones is 1. The smallest absolute Gasteiger partial charge is 0.308 e. The lowest BCUT2D eigenvalue weighted by Crippen LogP contribution is -2.29. The minimum absolute atomic E-state index is 0.104. The number of carbonyl (C=O) groups excluding carboxylic acids is 3. The molecular formula is C27H20N2O6. The molecule has 1 aliphatic rings. The van der Waals surface area contributed by atoms with Gasteiger partial charge < -0.3 is 14.6 Å². The van der Waals surface area contributed by atoms with Crippen molar-refractivity contribution in [3.63, 3.8) is 0 Å². The Balaban J connectivity index is 1.89. The van der Waals surface area contributed by atoms with E-state index >= 15 is 0 Å². The van der Waals surface area contributed by atoms with Crippen molar-refractivity contribution in [3.05, 3.63) is 95.1 Å². The third-order valence-corrected chi connectivity index (χ3v) is 5.52. The van der Waals surface area contributed by atoms with E-state index in [4.69, 9.17) is 14.7 Å². The maximum atomic E-state index is 13.2. The molecular weight excluding hydrogens is 448 g/mol. The van der Waals surface area contributed by atoms with Gasteiger partial charge >= 0.3 is 5.97 Å². The van der Waals surface area contributed by atoms with Gasteiger partial charge in [-0.1, -0.05) is 24.3 Å². The second kappa shape index (κ2) is 9.53. The van der Waals surface area contributed by atoms with Crippen LogP contribution in [0.1, 0.15) is 29.7 Å². The number of hydrogen-bond donors (Lipinski definition) is 1. The van der Waals surface area contributed by atoms with Gasteiger partial charge in [-0.2, -0.15) is 5.26 Å². The van der Waals surface area contributed by atoms with Gasteiger partial charge in [-0.05, 0) is 54.1 Å². The third kappa shape index (κ3) is 4.48. The third-order valence-electron chi connectivity index (χ3n) is 5.52. The number of aliphatic hydroxyl groups is 1. The lowest BCUT2D eigenvalue weighted by atomic mass is 9.95. The Morgan fingerprint density at radius 2 is 1.69 bits per heavy atom.